The predicted molar refractivity (Wildman–Crippen MR) is 155 cm³/mol. The molecule has 2 aromatic carbocycles. The minimum Gasteiger partial charge on any atom is -0.0683 e. The fourth-order valence-corrected chi connectivity index (χ4v) is 3.19. The SMILES string of the molecule is CC.CC.CC.CC.CC.CCC.Cc1c(C)c(C)c2c(C)c(C)c(C)c(C)c2c1C. The van der Waals surface area contributed by atoms with Gasteiger partial charge in [0.15, 0.2) is 0 Å². The molecular weight excluding hydrogens is 372 g/mol. The number of rotatable bonds is 0. The van der Waals surface area contributed by atoms with Crippen molar-refractivity contribution >= 4 is 10.8 Å². The van der Waals surface area contributed by atoms with Crippen molar-refractivity contribution in [2.45, 2.75) is 145 Å². The molecule has 31 heavy (non-hydrogen) atoms. The second-order valence-electron chi connectivity index (χ2n) is 6.46. The van der Waals surface area contributed by atoms with Gasteiger partial charge in [-0.25, -0.2) is 0 Å². The number of hydrogen-bond acceptors (Lipinski definition) is 0. The Labute approximate surface area is 200 Å². The van der Waals surface area contributed by atoms with Gasteiger partial charge in [-0.1, -0.05) is 89.5 Å². The van der Waals surface area contributed by atoms with E-state index in [1.165, 1.54) is 61.7 Å². The van der Waals surface area contributed by atoms with Crippen LogP contribution in [0.1, 0.15) is 134 Å². The van der Waals surface area contributed by atoms with Crippen molar-refractivity contribution in [2.75, 3.05) is 0 Å². The summed E-state index contributed by atoms with van der Waals surface area (Å²) in [5.74, 6) is 0. The maximum atomic E-state index is 2.27. The van der Waals surface area contributed by atoms with Crippen molar-refractivity contribution in [3.8, 4) is 0 Å². The van der Waals surface area contributed by atoms with Crippen LogP contribution in [0.2, 0.25) is 0 Å². The fraction of sp³-hybridized carbons (Fsp3) is 0.677. The molecule has 0 spiro atoms. The summed E-state index contributed by atoms with van der Waals surface area (Å²) in [5, 5.41) is 2.97. The third-order valence-electron chi connectivity index (χ3n) is 5.12. The molecule has 0 atom stereocenters. The summed E-state index contributed by atoms with van der Waals surface area (Å²) in [7, 11) is 0. The standard InChI is InChI=1S/C18H24.C3H8.5C2H6/c1-9-10(2)14(6)18-16(8)12(4)11(3)15(7)17(18)13(9)5;1-3-2;5*1-2/h1-8H3;3H2,1-2H3;5*1-2H3. The van der Waals surface area contributed by atoms with Crippen LogP contribution in [-0.2, 0) is 0 Å². The van der Waals surface area contributed by atoms with Crippen LogP contribution in [0.3, 0.4) is 0 Å². The molecule has 2 aromatic rings. The maximum absolute atomic E-state index is 2.27. The van der Waals surface area contributed by atoms with Gasteiger partial charge in [-0.3, -0.25) is 0 Å². The van der Waals surface area contributed by atoms with Gasteiger partial charge in [-0.15, -0.1) is 0 Å². The second-order valence-corrected chi connectivity index (χ2v) is 6.46. The van der Waals surface area contributed by atoms with E-state index in [1.54, 1.807) is 0 Å². The van der Waals surface area contributed by atoms with E-state index in [4.69, 9.17) is 0 Å². The molecule has 0 bridgehead atoms. The van der Waals surface area contributed by atoms with E-state index in [0.717, 1.165) is 0 Å². The Kier molecular flexibility index (Phi) is 32.3. The van der Waals surface area contributed by atoms with E-state index >= 15 is 0 Å². The second kappa shape index (κ2) is 25.0. The van der Waals surface area contributed by atoms with Crippen LogP contribution >= 0.6 is 0 Å². The molecule has 0 fully saturated rings. The number of aryl methyl sites for hydroxylation is 4. The quantitative estimate of drug-likeness (QED) is 0.386. The van der Waals surface area contributed by atoms with Gasteiger partial charge in [0, 0.05) is 0 Å². The van der Waals surface area contributed by atoms with Crippen LogP contribution < -0.4 is 0 Å². The van der Waals surface area contributed by atoms with E-state index in [2.05, 4.69) is 69.2 Å². The summed E-state index contributed by atoms with van der Waals surface area (Å²) in [6.45, 7) is 42.3. The lowest BCUT2D eigenvalue weighted by atomic mass is 9.83. The van der Waals surface area contributed by atoms with Gasteiger partial charge in [0.25, 0.3) is 0 Å². The van der Waals surface area contributed by atoms with Crippen LogP contribution in [0.15, 0.2) is 0 Å². The van der Waals surface area contributed by atoms with E-state index in [1.807, 2.05) is 69.2 Å². The Morgan fingerprint density at radius 1 is 0.290 bits per heavy atom. The summed E-state index contributed by atoms with van der Waals surface area (Å²) >= 11 is 0. The monoisotopic (exact) mass is 434 g/mol. The fourth-order valence-electron chi connectivity index (χ4n) is 3.19. The Bertz CT molecular complexity index is 560. The van der Waals surface area contributed by atoms with Gasteiger partial charge >= 0.3 is 0 Å². The van der Waals surface area contributed by atoms with E-state index in [-0.39, 0.29) is 0 Å². The molecule has 0 N–H and O–H groups in total. The Morgan fingerprint density at radius 2 is 0.387 bits per heavy atom. The van der Waals surface area contributed by atoms with Crippen LogP contribution in [-0.4, -0.2) is 0 Å². The first-order chi connectivity index (χ1) is 14.7. The summed E-state index contributed by atoms with van der Waals surface area (Å²) in [4.78, 5) is 0. The summed E-state index contributed by atoms with van der Waals surface area (Å²) in [5.41, 5.74) is 11.6. The van der Waals surface area contributed by atoms with E-state index in [0.29, 0.717) is 0 Å². The normalized spacial score (nSPS) is 8.13. The smallest absolute Gasteiger partial charge is 0.0114 e. The van der Waals surface area contributed by atoms with Crippen molar-refractivity contribution in [3.63, 3.8) is 0 Å². The lowest BCUT2D eigenvalue weighted by molar-refractivity contribution is 1.09. The average molecular weight is 435 g/mol. The topological polar surface area (TPSA) is 0 Å². The minimum absolute atomic E-state index is 1.25. The molecular formula is C31H62. The zero-order chi connectivity index (χ0) is 26.5. The summed E-state index contributed by atoms with van der Waals surface area (Å²) in [6.07, 6.45) is 1.25. The number of benzene rings is 2. The molecule has 0 heteroatoms. The van der Waals surface area contributed by atoms with Crippen LogP contribution in [0.4, 0.5) is 0 Å². The minimum atomic E-state index is 1.25. The molecule has 0 saturated carbocycles. The third kappa shape index (κ3) is 11.2. The van der Waals surface area contributed by atoms with Crippen molar-refractivity contribution < 1.29 is 0 Å². The van der Waals surface area contributed by atoms with Gasteiger partial charge in [0.2, 0.25) is 0 Å². The van der Waals surface area contributed by atoms with E-state index in [9.17, 15) is 0 Å². The summed E-state index contributed by atoms with van der Waals surface area (Å²) < 4.78 is 0. The van der Waals surface area contributed by atoms with Crippen molar-refractivity contribution in [1.29, 1.82) is 0 Å². The van der Waals surface area contributed by atoms with Gasteiger partial charge in [-0.05, 0) is 111 Å². The van der Waals surface area contributed by atoms with Crippen LogP contribution in [0, 0.1) is 55.4 Å². The first-order valence-electron chi connectivity index (χ1n) is 13.2. The highest BCUT2D eigenvalue weighted by Gasteiger charge is 2.16. The maximum Gasteiger partial charge on any atom is -0.0114 e. The number of fused-ring (bicyclic) bond motifs is 1. The predicted octanol–water partition coefficient (Wildman–Crippen LogP) is 11.9. The van der Waals surface area contributed by atoms with Gasteiger partial charge in [-0.2, -0.15) is 0 Å². The lowest BCUT2D eigenvalue weighted by Gasteiger charge is -2.21. The van der Waals surface area contributed by atoms with Crippen LogP contribution in [0.25, 0.3) is 10.8 Å². The molecule has 0 heterocycles. The molecule has 2 rings (SSSR count). The first kappa shape index (κ1) is 40.1. The highest BCUT2D eigenvalue weighted by atomic mass is 14.2. The van der Waals surface area contributed by atoms with E-state index < -0.39 is 0 Å². The van der Waals surface area contributed by atoms with Gasteiger partial charge in [0.1, 0.15) is 0 Å². The number of hydrogen-bond donors (Lipinski definition) is 0. The zero-order valence-electron chi connectivity index (χ0n) is 25.7. The van der Waals surface area contributed by atoms with Gasteiger partial charge in [0.05, 0.1) is 0 Å². The molecule has 0 saturated heterocycles. The Balaban J connectivity index is -0.000000148. The molecule has 0 nitrogen and oxygen atoms in total. The molecule has 186 valence electrons. The third-order valence-corrected chi connectivity index (χ3v) is 5.12. The zero-order valence-corrected chi connectivity index (χ0v) is 25.7. The van der Waals surface area contributed by atoms with Crippen molar-refractivity contribution in [1.82, 2.24) is 0 Å². The van der Waals surface area contributed by atoms with Gasteiger partial charge < -0.3 is 0 Å². The Morgan fingerprint density at radius 3 is 0.484 bits per heavy atom. The molecule has 0 unspecified atom stereocenters. The highest BCUT2D eigenvalue weighted by Crippen LogP contribution is 2.36. The summed E-state index contributed by atoms with van der Waals surface area (Å²) in [6, 6.07) is 0. The van der Waals surface area contributed by atoms with Crippen LogP contribution in [0.5, 0.6) is 0 Å². The van der Waals surface area contributed by atoms with Crippen molar-refractivity contribution in [2.24, 2.45) is 0 Å². The molecule has 0 aliphatic heterocycles. The highest BCUT2D eigenvalue weighted by molar-refractivity contribution is 5.97. The average Bonchev–Trinajstić information content (AvgIpc) is 2.84. The molecule has 0 radical (unpaired) electrons. The largest absolute Gasteiger partial charge is 0.0683 e. The molecule has 0 aromatic heterocycles. The Hall–Kier alpha value is -1.30. The lowest BCUT2D eigenvalue weighted by Crippen LogP contribution is -2.01. The first-order valence-corrected chi connectivity index (χ1v) is 13.2. The van der Waals surface area contributed by atoms with Crippen molar-refractivity contribution in [3.05, 3.63) is 44.5 Å². The molecule has 0 aliphatic rings. The molecule has 0 aliphatic carbocycles. The molecule has 0 amide bonds.